The molecule has 0 saturated carbocycles. The largest absolute Gasteiger partial charge is 1.00 e. The number of piperazine rings is 1. The number of para-hydroxylation sites is 1. The van der Waals surface area contributed by atoms with Crippen LogP contribution >= 0.6 is 11.8 Å². The van der Waals surface area contributed by atoms with Gasteiger partial charge in [-0.25, -0.2) is 0 Å². The van der Waals surface area contributed by atoms with Crippen molar-refractivity contribution in [1.29, 1.82) is 0 Å². The molecular formula is C16H23ClN3S-. The number of nitrogens with zero attached hydrogens (tertiary/aromatic N) is 3. The monoisotopic (exact) mass is 324 g/mol. The lowest BCUT2D eigenvalue weighted by atomic mass is 10.1. The summed E-state index contributed by atoms with van der Waals surface area (Å²) in [6.45, 7) is 5.78. The first-order valence-electron chi connectivity index (χ1n) is 7.22. The van der Waals surface area contributed by atoms with Gasteiger partial charge in [0.1, 0.15) is 0 Å². The van der Waals surface area contributed by atoms with Crippen LogP contribution in [0, 0.1) is 0 Å². The quantitative estimate of drug-likeness (QED) is 0.716. The molecule has 0 aliphatic carbocycles. The molecule has 3 rings (SSSR count). The van der Waals surface area contributed by atoms with Gasteiger partial charge in [-0.2, -0.15) is 0 Å². The van der Waals surface area contributed by atoms with Crippen molar-refractivity contribution in [3.8, 4) is 0 Å². The van der Waals surface area contributed by atoms with E-state index in [4.69, 9.17) is 0 Å². The third-order valence-electron chi connectivity index (χ3n) is 4.32. The van der Waals surface area contributed by atoms with Gasteiger partial charge in [0.2, 0.25) is 0 Å². The van der Waals surface area contributed by atoms with E-state index in [1.165, 1.54) is 47.7 Å². The molecule has 0 bridgehead atoms. The number of benzene rings is 1. The highest BCUT2D eigenvalue weighted by molar-refractivity contribution is 7.98. The van der Waals surface area contributed by atoms with E-state index < -0.39 is 0 Å². The zero-order chi connectivity index (χ0) is 14.1. The van der Waals surface area contributed by atoms with Gasteiger partial charge in [-0.05, 0) is 19.4 Å². The van der Waals surface area contributed by atoms with Crippen LogP contribution in [0.15, 0.2) is 29.3 Å². The summed E-state index contributed by atoms with van der Waals surface area (Å²) in [4.78, 5) is 5.00. The second-order valence-corrected chi connectivity index (χ2v) is 6.44. The van der Waals surface area contributed by atoms with Gasteiger partial charge in [0, 0.05) is 56.2 Å². The summed E-state index contributed by atoms with van der Waals surface area (Å²) in [5.74, 6) is 0. The minimum absolute atomic E-state index is 0. The van der Waals surface area contributed by atoms with E-state index in [1.54, 1.807) is 0 Å². The van der Waals surface area contributed by atoms with Crippen LogP contribution < -0.4 is 12.4 Å². The molecule has 21 heavy (non-hydrogen) atoms. The van der Waals surface area contributed by atoms with Crippen molar-refractivity contribution in [3.63, 3.8) is 0 Å². The normalized spacial score (nSPS) is 17.1. The summed E-state index contributed by atoms with van der Waals surface area (Å²) in [6.07, 6.45) is 2.18. The average Bonchev–Trinajstić information content (AvgIpc) is 2.74. The Kier molecular flexibility index (Phi) is 5.60. The Balaban J connectivity index is 0.00000161. The fraction of sp³-hybridized carbons (Fsp3) is 0.500. The first kappa shape index (κ1) is 16.7. The van der Waals surface area contributed by atoms with E-state index in [0.29, 0.717) is 0 Å². The smallest absolute Gasteiger partial charge is 0.0799 e. The minimum Gasteiger partial charge on any atom is -1.00 e. The van der Waals surface area contributed by atoms with Gasteiger partial charge in [0.15, 0.2) is 0 Å². The highest BCUT2D eigenvalue weighted by Crippen LogP contribution is 2.32. The molecule has 1 aliphatic heterocycles. The topological polar surface area (TPSA) is 11.4 Å². The van der Waals surface area contributed by atoms with Crippen LogP contribution in [0.1, 0.15) is 5.56 Å². The Morgan fingerprint density at radius 2 is 1.71 bits per heavy atom. The number of halogens is 1. The van der Waals surface area contributed by atoms with Gasteiger partial charge in [-0.3, -0.25) is 4.90 Å². The molecule has 2 heterocycles. The molecule has 1 fully saturated rings. The number of rotatable bonds is 3. The minimum atomic E-state index is 0. The number of hydrogen-bond acceptors (Lipinski definition) is 3. The lowest BCUT2D eigenvalue weighted by molar-refractivity contribution is -0.00000417. The van der Waals surface area contributed by atoms with Crippen molar-refractivity contribution in [3.05, 3.63) is 29.8 Å². The number of hydrogen-bond donors (Lipinski definition) is 0. The number of thioether (sulfide) groups is 1. The van der Waals surface area contributed by atoms with Crippen molar-refractivity contribution in [2.24, 2.45) is 7.05 Å². The van der Waals surface area contributed by atoms with Crippen LogP contribution in [0.3, 0.4) is 0 Å². The fourth-order valence-electron chi connectivity index (χ4n) is 3.09. The predicted octanol–water partition coefficient (Wildman–Crippen LogP) is -0.348. The molecular weight excluding hydrogens is 302 g/mol. The van der Waals surface area contributed by atoms with Crippen LogP contribution in [0.2, 0.25) is 0 Å². The molecule has 0 unspecified atom stereocenters. The van der Waals surface area contributed by atoms with Gasteiger partial charge in [-0.1, -0.05) is 18.2 Å². The molecule has 1 aliphatic rings. The Bertz CT molecular complexity index is 603. The van der Waals surface area contributed by atoms with E-state index in [0.717, 1.165) is 6.54 Å². The second kappa shape index (κ2) is 7.05. The van der Waals surface area contributed by atoms with E-state index >= 15 is 0 Å². The molecule has 1 aromatic heterocycles. The summed E-state index contributed by atoms with van der Waals surface area (Å²) in [5.41, 5.74) is 2.85. The van der Waals surface area contributed by atoms with Crippen molar-refractivity contribution < 1.29 is 12.4 Å². The molecule has 0 spiro atoms. The van der Waals surface area contributed by atoms with Gasteiger partial charge >= 0.3 is 0 Å². The van der Waals surface area contributed by atoms with Crippen molar-refractivity contribution in [2.45, 2.75) is 11.6 Å². The SMILES string of the molecule is CSc1c(CN2CCN(C)CC2)c2ccccc2n1C.[Cl-]. The zero-order valence-electron chi connectivity index (χ0n) is 13.0. The first-order chi connectivity index (χ1) is 9.70. The maximum absolute atomic E-state index is 2.58. The lowest BCUT2D eigenvalue weighted by Gasteiger charge is -2.32. The van der Waals surface area contributed by atoms with E-state index in [-0.39, 0.29) is 12.4 Å². The third-order valence-corrected chi connectivity index (χ3v) is 5.23. The molecule has 2 aromatic rings. The highest BCUT2D eigenvalue weighted by Gasteiger charge is 2.19. The van der Waals surface area contributed by atoms with Crippen LogP contribution in [-0.4, -0.2) is 53.8 Å². The lowest BCUT2D eigenvalue weighted by Crippen LogP contribution is -3.00. The predicted molar refractivity (Wildman–Crippen MR) is 87.5 cm³/mol. The molecule has 3 nitrogen and oxygen atoms in total. The Hall–Kier alpha value is -0.680. The van der Waals surface area contributed by atoms with E-state index in [2.05, 4.69) is 59.0 Å². The first-order valence-corrected chi connectivity index (χ1v) is 8.44. The summed E-state index contributed by atoms with van der Waals surface area (Å²) in [6, 6.07) is 8.77. The average molecular weight is 325 g/mol. The number of aromatic nitrogens is 1. The van der Waals surface area contributed by atoms with Crippen molar-refractivity contribution >= 4 is 22.7 Å². The second-order valence-electron chi connectivity index (χ2n) is 5.64. The molecule has 0 amide bonds. The van der Waals surface area contributed by atoms with E-state index in [1.807, 2.05) is 11.8 Å². The van der Waals surface area contributed by atoms with E-state index in [9.17, 15) is 0 Å². The third kappa shape index (κ3) is 3.24. The standard InChI is InChI=1S/C16H23N3S.ClH/c1-17-8-10-19(11-9-17)12-14-13-6-4-5-7-15(13)18(2)16(14)20-3;/h4-7H,8-12H2,1-3H3;1H/p-1. The Morgan fingerprint density at radius 3 is 2.38 bits per heavy atom. The summed E-state index contributed by atoms with van der Waals surface area (Å²) >= 11 is 1.86. The highest BCUT2D eigenvalue weighted by atomic mass is 35.5. The maximum atomic E-state index is 2.58. The Labute approximate surface area is 137 Å². The molecule has 116 valence electrons. The summed E-state index contributed by atoms with van der Waals surface area (Å²) in [5, 5.41) is 2.82. The molecule has 5 heteroatoms. The fourth-order valence-corrected chi connectivity index (χ4v) is 3.88. The van der Waals surface area contributed by atoms with Crippen LogP contribution in [0.25, 0.3) is 10.9 Å². The van der Waals surface area contributed by atoms with Gasteiger partial charge in [-0.15, -0.1) is 11.8 Å². The summed E-state index contributed by atoms with van der Waals surface area (Å²) < 4.78 is 2.34. The molecule has 1 aromatic carbocycles. The molecule has 0 N–H and O–H groups in total. The van der Waals surface area contributed by atoms with Gasteiger partial charge in [0.25, 0.3) is 0 Å². The number of fused-ring (bicyclic) bond motifs is 1. The Morgan fingerprint density at radius 1 is 1.05 bits per heavy atom. The molecule has 0 radical (unpaired) electrons. The van der Waals surface area contributed by atoms with Crippen molar-refractivity contribution in [2.75, 3.05) is 39.5 Å². The summed E-state index contributed by atoms with van der Waals surface area (Å²) in [7, 11) is 4.39. The number of likely N-dealkylation sites (N-methyl/N-ethyl adjacent to an activating group) is 1. The molecule has 1 saturated heterocycles. The number of aryl methyl sites for hydroxylation is 1. The van der Waals surface area contributed by atoms with Gasteiger partial charge < -0.3 is 21.9 Å². The molecule has 0 atom stereocenters. The van der Waals surface area contributed by atoms with Crippen LogP contribution in [-0.2, 0) is 13.6 Å². The van der Waals surface area contributed by atoms with Gasteiger partial charge in [0.05, 0.1) is 5.03 Å². The van der Waals surface area contributed by atoms with Crippen LogP contribution in [0.5, 0.6) is 0 Å². The van der Waals surface area contributed by atoms with Crippen molar-refractivity contribution in [1.82, 2.24) is 14.4 Å². The van der Waals surface area contributed by atoms with Crippen LogP contribution in [0.4, 0.5) is 0 Å². The zero-order valence-corrected chi connectivity index (χ0v) is 14.5. The maximum Gasteiger partial charge on any atom is 0.0799 e.